The number of hydrogen-bond donors (Lipinski definition) is 1. The summed E-state index contributed by atoms with van der Waals surface area (Å²) in [5.41, 5.74) is 1.51. The van der Waals surface area contributed by atoms with Crippen molar-refractivity contribution in [3.05, 3.63) is 47.0 Å². The number of aliphatic hydroxyl groups is 1. The van der Waals surface area contributed by atoms with Crippen LogP contribution >= 0.6 is 11.3 Å². The molecule has 12 heteroatoms. The fraction of sp³-hybridized carbons (Fsp3) is 0.440. The van der Waals surface area contributed by atoms with Gasteiger partial charge in [-0.3, -0.25) is 9.80 Å². The summed E-state index contributed by atoms with van der Waals surface area (Å²) in [6.45, 7) is 2.23. The van der Waals surface area contributed by atoms with Gasteiger partial charge in [-0.15, -0.1) is 0 Å². The number of sulfone groups is 1. The topological polar surface area (TPSA) is 131 Å². The largest absolute Gasteiger partial charge is 0.475 e. The highest BCUT2D eigenvalue weighted by atomic mass is 32.2. The quantitative estimate of drug-likeness (QED) is 0.382. The Balaban J connectivity index is 1.39. The summed E-state index contributed by atoms with van der Waals surface area (Å²) in [4.78, 5) is 23.3. The summed E-state index contributed by atoms with van der Waals surface area (Å²) in [7, 11) is -3.50. The van der Waals surface area contributed by atoms with E-state index in [-0.39, 0.29) is 42.6 Å². The number of ether oxygens (including phenoxy) is 2. The minimum absolute atomic E-state index is 0.0417. The van der Waals surface area contributed by atoms with Gasteiger partial charge in [0.1, 0.15) is 27.7 Å². The van der Waals surface area contributed by atoms with Crippen molar-refractivity contribution in [1.82, 2.24) is 15.0 Å². The highest BCUT2D eigenvalue weighted by Gasteiger charge is 2.31. The van der Waals surface area contributed by atoms with Gasteiger partial charge in [0, 0.05) is 31.3 Å². The molecule has 5 rings (SSSR count). The van der Waals surface area contributed by atoms with Crippen LogP contribution in [0.1, 0.15) is 29.8 Å². The lowest BCUT2D eigenvalue weighted by Gasteiger charge is -2.14. The fourth-order valence-electron chi connectivity index (χ4n) is 4.34. The summed E-state index contributed by atoms with van der Waals surface area (Å²) in [5, 5.41) is 15.6. The first-order valence-electron chi connectivity index (χ1n) is 12.2. The van der Waals surface area contributed by atoms with Crippen molar-refractivity contribution in [2.24, 2.45) is 5.10 Å². The van der Waals surface area contributed by atoms with Crippen LogP contribution in [0.25, 0.3) is 10.3 Å². The number of aliphatic hydroxyl groups excluding tert-OH is 1. The van der Waals surface area contributed by atoms with E-state index in [9.17, 15) is 13.2 Å². The third-order valence-corrected chi connectivity index (χ3v) is 9.44. The zero-order valence-electron chi connectivity index (χ0n) is 20.2. The molecule has 1 aromatic carbocycles. The minimum Gasteiger partial charge on any atom is -0.475 e. The first-order chi connectivity index (χ1) is 17.9. The maximum atomic E-state index is 13.5. The number of benzene rings is 1. The Morgan fingerprint density at radius 2 is 1.95 bits per heavy atom. The number of rotatable bonds is 10. The number of pyridine rings is 1. The minimum atomic E-state index is -3.50. The molecule has 10 nitrogen and oxygen atoms in total. The average molecular weight is 545 g/mol. The molecule has 0 spiro atoms. The Hall–Kier alpha value is -2.93. The van der Waals surface area contributed by atoms with Crippen molar-refractivity contribution in [3.8, 4) is 5.88 Å². The molecule has 0 amide bonds. The smallest absolute Gasteiger partial charge is 0.214 e. The predicted octanol–water partition coefficient (Wildman–Crippen LogP) is 2.24. The van der Waals surface area contributed by atoms with Gasteiger partial charge in [0.05, 0.1) is 29.8 Å². The second-order valence-electron chi connectivity index (χ2n) is 8.92. The zero-order chi connectivity index (χ0) is 25.8. The molecule has 2 aliphatic rings. The van der Waals surface area contributed by atoms with Crippen molar-refractivity contribution >= 4 is 43.0 Å². The molecule has 2 aromatic heterocycles. The lowest BCUT2D eigenvalue weighted by Crippen LogP contribution is -2.24. The SMILES string of the molecule is O=C(Cc1nc2ccc(OCCO)nc2s1)/C(=N/N1CCCC1)c1ccc(S(=O)(=O)[C@H]2CCOC2)cc1. The van der Waals surface area contributed by atoms with Crippen LogP contribution in [-0.2, 0) is 25.8 Å². The summed E-state index contributed by atoms with van der Waals surface area (Å²) < 4.78 is 36.5. The van der Waals surface area contributed by atoms with Crippen LogP contribution < -0.4 is 4.74 Å². The Labute approximate surface area is 218 Å². The molecule has 3 aromatic rings. The third-order valence-electron chi connectivity index (χ3n) is 6.30. The van der Waals surface area contributed by atoms with E-state index in [1.165, 1.54) is 11.3 Å². The fourth-order valence-corrected chi connectivity index (χ4v) is 6.85. The van der Waals surface area contributed by atoms with Gasteiger partial charge in [-0.2, -0.15) is 5.10 Å². The van der Waals surface area contributed by atoms with Crippen molar-refractivity contribution in [2.75, 3.05) is 39.5 Å². The third kappa shape index (κ3) is 5.82. The molecule has 0 radical (unpaired) electrons. The highest BCUT2D eigenvalue weighted by molar-refractivity contribution is 7.92. The standard InChI is InChI=1S/C25H28N4O6S2/c30-12-14-35-22-8-7-20-25(27-22)36-23(26-20)15-21(31)24(28-29-10-1-2-11-29)17-3-5-18(6-4-17)37(32,33)19-9-13-34-16-19/h3-8,19,30H,1-2,9-16H2/b28-24+/t19-/m0/s1. The number of nitrogens with zero attached hydrogens (tertiary/aromatic N) is 4. The van der Waals surface area contributed by atoms with Gasteiger partial charge in [0.15, 0.2) is 15.6 Å². The number of hydrogen-bond acceptors (Lipinski definition) is 11. The van der Waals surface area contributed by atoms with E-state index in [2.05, 4.69) is 15.1 Å². The summed E-state index contributed by atoms with van der Waals surface area (Å²) in [6.07, 6.45) is 2.54. The van der Waals surface area contributed by atoms with Crippen LogP contribution in [0.15, 0.2) is 46.4 Å². The summed E-state index contributed by atoms with van der Waals surface area (Å²) in [5.74, 6) is 0.182. The second-order valence-corrected chi connectivity index (χ2v) is 12.2. The van der Waals surface area contributed by atoms with Crippen LogP contribution in [0.2, 0.25) is 0 Å². The van der Waals surface area contributed by atoms with Crippen LogP contribution in [0.5, 0.6) is 5.88 Å². The predicted molar refractivity (Wildman–Crippen MR) is 139 cm³/mol. The number of carbonyl (C=O) groups excluding carboxylic acids is 1. The van der Waals surface area contributed by atoms with E-state index in [1.54, 1.807) is 36.4 Å². The van der Waals surface area contributed by atoms with E-state index < -0.39 is 15.1 Å². The van der Waals surface area contributed by atoms with Crippen LogP contribution in [0, 0.1) is 0 Å². The van der Waals surface area contributed by atoms with E-state index >= 15 is 0 Å². The first-order valence-corrected chi connectivity index (χ1v) is 14.6. The first kappa shape index (κ1) is 25.7. The molecule has 0 aliphatic carbocycles. The van der Waals surface area contributed by atoms with Gasteiger partial charge >= 0.3 is 0 Å². The molecule has 2 saturated heterocycles. The second kappa shape index (κ2) is 11.2. The van der Waals surface area contributed by atoms with Crippen molar-refractivity contribution in [1.29, 1.82) is 0 Å². The van der Waals surface area contributed by atoms with E-state index in [0.29, 0.717) is 39.8 Å². The van der Waals surface area contributed by atoms with Crippen LogP contribution in [0.3, 0.4) is 0 Å². The number of carbonyl (C=O) groups is 1. The maximum absolute atomic E-state index is 13.5. The van der Waals surface area contributed by atoms with Gasteiger partial charge < -0.3 is 14.6 Å². The molecule has 0 unspecified atom stereocenters. The van der Waals surface area contributed by atoms with Gasteiger partial charge in [-0.1, -0.05) is 23.5 Å². The average Bonchev–Trinajstić information content (AvgIpc) is 3.68. The summed E-state index contributed by atoms with van der Waals surface area (Å²) >= 11 is 1.30. The maximum Gasteiger partial charge on any atom is 0.214 e. The number of hydrazone groups is 1. The Morgan fingerprint density at radius 3 is 2.65 bits per heavy atom. The van der Waals surface area contributed by atoms with Gasteiger partial charge in [0.2, 0.25) is 5.88 Å². The van der Waals surface area contributed by atoms with Crippen molar-refractivity contribution in [2.45, 2.75) is 35.8 Å². The number of aromatic nitrogens is 2. The zero-order valence-corrected chi connectivity index (χ0v) is 21.8. The molecule has 4 heterocycles. The molecular weight excluding hydrogens is 516 g/mol. The Morgan fingerprint density at radius 1 is 1.16 bits per heavy atom. The molecule has 1 N–H and O–H groups in total. The molecule has 2 aliphatic heterocycles. The number of fused-ring (bicyclic) bond motifs is 1. The van der Waals surface area contributed by atoms with Gasteiger partial charge in [-0.25, -0.2) is 18.4 Å². The molecule has 196 valence electrons. The number of thiazole rings is 1. The van der Waals surface area contributed by atoms with Crippen molar-refractivity contribution in [3.63, 3.8) is 0 Å². The molecule has 1 atom stereocenters. The monoisotopic (exact) mass is 544 g/mol. The Kier molecular flexibility index (Phi) is 7.79. The lowest BCUT2D eigenvalue weighted by molar-refractivity contribution is -0.112. The molecule has 0 saturated carbocycles. The number of ketones is 1. The number of Topliss-reactive ketones (excluding diaryl/α,β-unsaturated/α-hetero) is 1. The normalized spacial score (nSPS) is 18.6. The highest BCUT2D eigenvalue weighted by Crippen LogP contribution is 2.25. The van der Waals surface area contributed by atoms with E-state index in [4.69, 9.17) is 14.6 Å². The molecule has 0 bridgehead atoms. The van der Waals surface area contributed by atoms with E-state index in [0.717, 1.165) is 25.9 Å². The Bertz CT molecular complexity index is 1390. The van der Waals surface area contributed by atoms with Gasteiger partial charge in [-0.05, 0) is 37.5 Å². The summed E-state index contributed by atoms with van der Waals surface area (Å²) in [6, 6.07) is 9.85. The van der Waals surface area contributed by atoms with Crippen LogP contribution in [-0.4, -0.2) is 84.8 Å². The molecular formula is C25H28N4O6S2. The van der Waals surface area contributed by atoms with Crippen molar-refractivity contribution < 1.29 is 27.8 Å². The van der Waals surface area contributed by atoms with Crippen LogP contribution in [0.4, 0.5) is 0 Å². The molecule has 37 heavy (non-hydrogen) atoms. The molecule has 2 fully saturated rings. The van der Waals surface area contributed by atoms with Gasteiger partial charge in [0.25, 0.3) is 0 Å². The van der Waals surface area contributed by atoms with E-state index in [1.807, 2.05) is 5.01 Å². The lowest BCUT2D eigenvalue weighted by atomic mass is 10.0.